The van der Waals surface area contributed by atoms with Crippen molar-refractivity contribution in [3.63, 3.8) is 0 Å². The molecule has 166 valence electrons. The molecule has 9 heteroatoms. The van der Waals surface area contributed by atoms with Crippen LogP contribution in [0.5, 0.6) is 0 Å². The molecule has 2 aromatic rings. The van der Waals surface area contributed by atoms with Crippen molar-refractivity contribution in [2.24, 2.45) is 28.4 Å². The summed E-state index contributed by atoms with van der Waals surface area (Å²) in [6.07, 6.45) is 8.81. The zero-order valence-corrected chi connectivity index (χ0v) is 18.5. The average molecular weight is 445 g/mol. The number of hydrogen-bond donors (Lipinski definition) is 4. The molecule has 1 aliphatic carbocycles. The monoisotopic (exact) mass is 444 g/mol. The first kappa shape index (κ1) is 22.9. The zero-order chi connectivity index (χ0) is 22.4. The topological polar surface area (TPSA) is 125 Å². The van der Waals surface area contributed by atoms with Gasteiger partial charge in [0.15, 0.2) is 5.88 Å². The molecular weight excluding hydrogens is 415 g/mol. The van der Waals surface area contributed by atoms with Crippen LogP contribution in [0.3, 0.4) is 0 Å². The minimum Gasteiger partial charge on any atom is -0.479 e. The van der Waals surface area contributed by atoms with E-state index in [-0.39, 0.29) is 5.92 Å². The summed E-state index contributed by atoms with van der Waals surface area (Å²) in [4.78, 5) is 9.30. The van der Waals surface area contributed by atoms with Gasteiger partial charge in [0.25, 0.3) is 0 Å². The van der Waals surface area contributed by atoms with E-state index in [0.717, 1.165) is 35.9 Å². The molecule has 1 aliphatic rings. The van der Waals surface area contributed by atoms with Crippen LogP contribution in [0.2, 0.25) is 0 Å². The molecule has 7 nitrogen and oxygen atoms in total. The standard InChI is InChI=1S/C22H29FN6OS/c1-13(2)18(5-6-24)21(25)30-12-14-7-15(8-14)16-10-27-22(28-11-16)29-20-4-3-17(31-26)9-19(20)23/h3-6,9-11,13-15H,7-8,12,24-26H2,1-2H3,(H,27,28,29)/b6-5-,21-18-. The van der Waals surface area contributed by atoms with Gasteiger partial charge in [0.2, 0.25) is 5.95 Å². The average Bonchev–Trinajstić information content (AvgIpc) is 2.72. The molecule has 1 fully saturated rings. The Bertz CT molecular complexity index is 942. The van der Waals surface area contributed by atoms with Gasteiger partial charge in [0, 0.05) is 22.9 Å². The second-order valence-corrected chi connectivity index (χ2v) is 8.61. The zero-order valence-electron chi connectivity index (χ0n) is 17.7. The van der Waals surface area contributed by atoms with Crippen molar-refractivity contribution in [2.45, 2.75) is 37.5 Å². The molecule has 0 amide bonds. The summed E-state index contributed by atoms with van der Waals surface area (Å²) in [7, 11) is 0. The first-order valence-electron chi connectivity index (χ1n) is 10.2. The fraction of sp³-hybridized carbons (Fsp3) is 0.364. The van der Waals surface area contributed by atoms with Gasteiger partial charge in [-0.05, 0) is 78.6 Å². The van der Waals surface area contributed by atoms with E-state index in [1.807, 2.05) is 13.8 Å². The minimum atomic E-state index is -0.402. The van der Waals surface area contributed by atoms with Crippen molar-refractivity contribution in [1.82, 2.24) is 9.97 Å². The smallest absolute Gasteiger partial charge is 0.227 e. The molecular formula is C22H29FN6OS. The molecule has 7 N–H and O–H groups in total. The molecule has 0 radical (unpaired) electrons. The fourth-order valence-corrected chi connectivity index (χ4v) is 3.82. The van der Waals surface area contributed by atoms with Crippen LogP contribution in [0.1, 0.15) is 38.2 Å². The predicted octanol–water partition coefficient (Wildman–Crippen LogP) is 4.13. The van der Waals surface area contributed by atoms with Crippen LogP contribution < -0.4 is 21.9 Å². The number of nitrogens with two attached hydrogens (primary N) is 3. The molecule has 1 heterocycles. The van der Waals surface area contributed by atoms with Gasteiger partial charge in [-0.2, -0.15) is 0 Å². The van der Waals surface area contributed by atoms with Gasteiger partial charge < -0.3 is 21.5 Å². The Hall–Kier alpha value is -2.78. The number of benzene rings is 1. The third-order valence-electron chi connectivity index (χ3n) is 5.36. The van der Waals surface area contributed by atoms with Gasteiger partial charge in [-0.25, -0.2) is 14.4 Å². The fourth-order valence-electron chi connectivity index (χ4n) is 3.50. The SMILES string of the molecule is CC(C)C(/C=C\N)=C(/N)OCC1CC(c2cnc(Nc3ccc(SN)cc3F)nc2)C1. The number of nitrogens with one attached hydrogen (secondary N) is 1. The van der Waals surface area contributed by atoms with E-state index in [1.54, 1.807) is 30.6 Å². The molecule has 0 saturated heterocycles. The summed E-state index contributed by atoms with van der Waals surface area (Å²) < 4.78 is 19.9. The molecule has 0 spiro atoms. The lowest BCUT2D eigenvalue weighted by molar-refractivity contribution is 0.103. The van der Waals surface area contributed by atoms with Gasteiger partial charge in [-0.3, -0.25) is 5.14 Å². The van der Waals surface area contributed by atoms with E-state index in [2.05, 4.69) is 15.3 Å². The number of nitrogens with zero attached hydrogens (tertiary/aromatic N) is 2. The molecule has 3 rings (SSSR count). The molecule has 1 saturated carbocycles. The van der Waals surface area contributed by atoms with Crippen LogP contribution in [-0.2, 0) is 4.74 Å². The number of ether oxygens (including phenoxy) is 1. The van der Waals surface area contributed by atoms with Crippen LogP contribution in [0.15, 0.2) is 59.2 Å². The Morgan fingerprint density at radius 1 is 1.32 bits per heavy atom. The molecule has 1 aromatic carbocycles. The van der Waals surface area contributed by atoms with E-state index < -0.39 is 5.82 Å². The van der Waals surface area contributed by atoms with Crippen LogP contribution >= 0.6 is 11.9 Å². The van der Waals surface area contributed by atoms with Crippen molar-refractivity contribution >= 4 is 23.6 Å². The molecule has 31 heavy (non-hydrogen) atoms. The summed E-state index contributed by atoms with van der Waals surface area (Å²) in [6, 6.07) is 4.72. The van der Waals surface area contributed by atoms with Gasteiger partial charge in [0.05, 0.1) is 12.3 Å². The van der Waals surface area contributed by atoms with Crippen LogP contribution in [0.4, 0.5) is 16.0 Å². The van der Waals surface area contributed by atoms with E-state index in [1.165, 1.54) is 12.3 Å². The minimum absolute atomic E-state index is 0.240. The van der Waals surface area contributed by atoms with Crippen LogP contribution in [0.25, 0.3) is 0 Å². The number of aromatic nitrogens is 2. The van der Waals surface area contributed by atoms with Gasteiger partial charge in [-0.1, -0.05) is 13.8 Å². The summed E-state index contributed by atoms with van der Waals surface area (Å²) in [5, 5.41) is 8.34. The quantitative estimate of drug-likeness (QED) is 0.258. The normalized spacial score (nSPS) is 19.3. The van der Waals surface area contributed by atoms with Crippen LogP contribution in [-0.4, -0.2) is 16.6 Å². The predicted molar refractivity (Wildman–Crippen MR) is 123 cm³/mol. The third kappa shape index (κ3) is 5.89. The Balaban J connectivity index is 1.51. The number of halogens is 1. The summed E-state index contributed by atoms with van der Waals surface area (Å²) in [5.74, 6) is 1.44. The highest BCUT2D eigenvalue weighted by Crippen LogP contribution is 2.41. The lowest BCUT2D eigenvalue weighted by Crippen LogP contribution is -2.27. The van der Waals surface area contributed by atoms with E-state index in [4.69, 9.17) is 21.3 Å². The second kappa shape index (κ2) is 10.5. The number of anilines is 2. The summed E-state index contributed by atoms with van der Waals surface area (Å²) in [5.41, 5.74) is 13.8. The molecule has 0 atom stereocenters. The van der Waals surface area contributed by atoms with Crippen molar-refractivity contribution in [3.05, 3.63) is 65.7 Å². The van der Waals surface area contributed by atoms with Crippen molar-refractivity contribution in [1.29, 1.82) is 0 Å². The van der Waals surface area contributed by atoms with E-state index in [9.17, 15) is 4.39 Å². The van der Waals surface area contributed by atoms with Gasteiger partial charge in [0.1, 0.15) is 5.82 Å². The Morgan fingerprint density at radius 3 is 2.61 bits per heavy atom. The van der Waals surface area contributed by atoms with Crippen molar-refractivity contribution < 1.29 is 9.13 Å². The van der Waals surface area contributed by atoms with Crippen molar-refractivity contribution in [2.75, 3.05) is 11.9 Å². The lowest BCUT2D eigenvalue weighted by atomic mass is 9.72. The van der Waals surface area contributed by atoms with E-state index >= 15 is 0 Å². The maximum absolute atomic E-state index is 14.1. The Morgan fingerprint density at radius 2 is 2.03 bits per heavy atom. The maximum Gasteiger partial charge on any atom is 0.227 e. The van der Waals surface area contributed by atoms with Crippen LogP contribution in [0, 0.1) is 17.7 Å². The van der Waals surface area contributed by atoms with Gasteiger partial charge in [-0.15, -0.1) is 0 Å². The maximum atomic E-state index is 14.1. The van der Waals surface area contributed by atoms with Crippen molar-refractivity contribution in [3.8, 4) is 0 Å². The number of rotatable bonds is 9. The first-order chi connectivity index (χ1) is 14.9. The molecule has 0 aliphatic heterocycles. The third-order valence-corrected chi connectivity index (χ3v) is 5.88. The number of hydrogen-bond acceptors (Lipinski definition) is 8. The molecule has 0 unspecified atom stereocenters. The number of allylic oxidation sites excluding steroid dienone is 2. The highest BCUT2D eigenvalue weighted by molar-refractivity contribution is 7.97. The Labute approximate surface area is 186 Å². The Kier molecular flexibility index (Phi) is 7.75. The summed E-state index contributed by atoms with van der Waals surface area (Å²) in [6.45, 7) is 4.67. The first-order valence-corrected chi connectivity index (χ1v) is 11.0. The largest absolute Gasteiger partial charge is 0.479 e. The second-order valence-electron chi connectivity index (χ2n) is 7.90. The van der Waals surface area contributed by atoms with E-state index in [0.29, 0.717) is 40.9 Å². The highest BCUT2D eigenvalue weighted by Gasteiger charge is 2.31. The lowest BCUT2D eigenvalue weighted by Gasteiger charge is -2.35. The van der Waals surface area contributed by atoms with Gasteiger partial charge >= 0.3 is 0 Å². The highest BCUT2D eigenvalue weighted by atomic mass is 32.2. The summed E-state index contributed by atoms with van der Waals surface area (Å²) >= 11 is 0.996. The molecule has 0 bridgehead atoms. The molecule has 1 aromatic heterocycles.